The molecule has 10 heteroatoms. The van der Waals surface area contributed by atoms with E-state index in [1.807, 2.05) is 6.08 Å². The molecule has 0 aliphatic heterocycles. The third-order valence-electron chi connectivity index (χ3n) is 9.41. The number of unbranched alkanes of at least 4 members (excludes halogenated alkanes) is 5. The molecule has 0 aliphatic rings. The zero-order chi connectivity index (χ0) is 48.8. The lowest BCUT2D eigenvalue weighted by molar-refractivity contribution is -0.161. The molecule has 0 fully saturated rings. The van der Waals surface area contributed by atoms with Crippen LogP contribution >= 0.6 is 7.82 Å². The molecular formula is C57H88NO8P. The smallest absolute Gasteiger partial charge is 0.462 e. The largest absolute Gasteiger partial charge is 0.472 e. The maximum Gasteiger partial charge on any atom is 0.472 e. The van der Waals surface area contributed by atoms with Gasteiger partial charge in [-0.25, -0.2) is 4.57 Å². The number of carbonyl (C=O) groups excluding carboxylic acids is 2. The van der Waals surface area contributed by atoms with Crippen molar-refractivity contribution in [1.82, 2.24) is 0 Å². The van der Waals surface area contributed by atoms with E-state index in [2.05, 4.69) is 166 Å². The summed E-state index contributed by atoms with van der Waals surface area (Å²) in [6, 6.07) is 0. The normalized spacial score (nSPS) is 14.5. The Morgan fingerprint density at radius 3 is 1.18 bits per heavy atom. The van der Waals surface area contributed by atoms with Crippen LogP contribution in [0.15, 0.2) is 158 Å². The van der Waals surface area contributed by atoms with Crippen LogP contribution < -0.4 is 5.73 Å². The number of phosphoric acid groups is 1. The van der Waals surface area contributed by atoms with Crippen molar-refractivity contribution < 1.29 is 37.6 Å². The topological polar surface area (TPSA) is 134 Å². The molecule has 0 heterocycles. The molecule has 0 aromatic carbocycles. The number of esters is 2. The molecule has 2 unspecified atom stereocenters. The highest BCUT2D eigenvalue weighted by molar-refractivity contribution is 7.47. The van der Waals surface area contributed by atoms with Crippen molar-refractivity contribution in [3.63, 3.8) is 0 Å². The second-order valence-corrected chi connectivity index (χ2v) is 17.0. The van der Waals surface area contributed by atoms with Gasteiger partial charge in [0.05, 0.1) is 13.2 Å². The Balaban J connectivity index is 4.29. The van der Waals surface area contributed by atoms with Gasteiger partial charge in [-0.05, 0) is 116 Å². The third kappa shape index (κ3) is 50.9. The van der Waals surface area contributed by atoms with Gasteiger partial charge in [0.2, 0.25) is 0 Å². The Morgan fingerprint density at radius 2 is 0.791 bits per heavy atom. The van der Waals surface area contributed by atoms with Gasteiger partial charge in [-0.2, -0.15) is 0 Å². The van der Waals surface area contributed by atoms with Crippen molar-refractivity contribution >= 4 is 19.8 Å². The van der Waals surface area contributed by atoms with Crippen molar-refractivity contribution in [2.24, 2.45) is 5.73 Å². The molecule has 0 spiro atoms. The summed E-state index contributed by atoms with van der Waals surface area (Å²) >= 11 is 0. The molecule has 374 valence electrons. The second kappa shape index (κ2) is 51.0. The lowest BCUT2D eigenvalue weighted by atomic mass is 10.1. The summed E-state index contributed by atoms with van der Waals surface area (Å²) in [5, 5.41) is 0. The first kappa shape index (κ1) is 62.6. The molecule has 9 nitrogen and oxygen atoms in total. The molecule has 0 rings (SSSR count). The lowest BCUT2D eigenvalue weighted by Gasteiger charge is -2.19. The lowest BCUT2D eigenvalue weighted by Crippen LogP contribution is -2.29. The fourth-order valence-corrected chi connectivity index (χ4v) is 6.57. The zero-order valence-electron chi connectivity index (χ0n) is 41.3. The number of allylic oxidation sites excluding steroid dienone is 26. The van der Waals surface area contributed by atoms with Crippen LogP contribution in [0.5, 0.6) is 0 Å². The first-order chi connectivity index (χ1) is 32.8. The Hall–Kier alpha value is -4.37. The van der Waals surface area contributed by atoms with E-state index in [0.29, 0.717) is 19.3 Å². The predicted molar refractivity (Wildman–Crippen MR) is 283 cm³/mol. The summed E-state index contributed by atoms with van der Waals surface area (Å²) in [5.74, 6) is -0.945. The van der Waals surface area contributed by atoms with Crippen LogP contribution in [0, 0.1) is 0 Å². The standard InChI is InChI=1S/C57H88NO8P/c1-3-5-7-9-11-13-15-17-19-21-23-25-27-29-31-33-35-37-39-41-43-45-47-49-56(59)63-53-55(54-65-67(61,62)64-52-51-58)66-57(60)50-48-46-44-42-40-38-36-34-32-30-28-26-24-22-20-18-16-14-12-10-8-6-4-2/h5-8,11-14,17-20,23-26,29-32,35-38,42,44,55H,3-4,9-10,15-16,21-22,27-28,33-34,39-41,43,45-54,58H2,1-2H3,(H,61,62)/b7-5-,8-6-,13-11-,14-12-,19-17-,20-18-,25-23-,26-24-,31-29-,32-30-,37-35-,38-36-,44-42-. The fourth-order valence-electron chi connectivity index (χ4n) is 5.80. The van der Waals surface area contributed by atoms with Crippen LogP contribution in [-0.2, 0) is 32.7 Å². The van der Waals surface area contributed by atoms with Gasteiger partial charge in [-0.1, -0.05) is 185 Å². The number of carbonyl (C=O) groups is 2. The summed E-state index contributed by atoms with van der Waals surface area (Å²) in [6.07, 6.45) is 74.3. The quantitative estimate of drug-likeness (QED) is 0.0265. The molecule has 0 aromatic rings. The average molecular weight is 946 g/mol. The monoisotopic (exact) mass is 946 g/mol. The molecule has 0 aliphatic carbocycles. The number of hydrogen-bond acceptors (Lipinski definition) is 8. The van der Waals surface area contributed by atoms with Crippen LogP contribution in [0.3, 0.4) is 0 Å². The van der Waals surface area contributed by atoms with Crippen molar-refractivity contribution in [2.45, 2.75) is 161 Å². The molecular weight excluding hydrogens is 858 g/mol. The van der Waals surface area contributed by atoms with Crippen molar-refractivity contribution in [3.05, 3.63) is 158 Å². The first-order valence-electron chi connectivity index (χ1n) is 25.0. The Kier molecular flexibility index (Phi) is 47.7. The summed E-state index contributed by atoms with van der Waals surface area (Å²) in [4.78, 5) is 35.0. The predicted octanol–water partition coefficient (Wildman–Crippen LogP) is 15.4. The summed E-state index contributed by atoms with van der Waals surface area (Å²) in [5.41, 5.74) is 5.36. The van der Waals surface area contributed by atoms with Gasteiger partial charge in [0.1, 0.15) is 6.61 Å². The Morgan fingerprint density at radius 1 is 0.448 bits per heavy atom. The maximum absolute atomic E-state index is 12.6. The maximum atomic E-state index is 12.6. The van der Waals surface area contributed by atoms with Gasteiger partial charge in [-0.3, -0.25) is 18.6 Å². The summed E-state index contributed by atoms with van der Waals surface area (Å²) in [6.45, 7) is 3.37. The van der Waals surface area contributed by atoms with E-state index in [1.165, 1.54) is 0 Å². The van der Waals surface area contributed by atoms with E-state index < -0.39 is 32.5 Å². The molecule has 0 amide bonds. The fraction of sp³-hybridized carbons (Fsp3) is 0.509. The van der Waals surface area contributed by atoms with Gasteiger partial charge in [-0.15, -0.1) is 0 Å². The van der Waals surface area contributed by atoms with Crippen LogP contribution in [0.25, 0.3) is 0 Å². The van der Waals surface area contributed by atoms with E-state index in [1.54, 1.807) is 0 Å². The molecule has 67 heavy (non-hydrogen) atoms. The molecule has 0 radical (unpaired) electrons. The van der Waals surface area contributed by atoms with Gasteiger partial charge in [0.15, 0.2) is 6.10 Å². The Labute approximate surface area is 407 Å². The van der Waals surface area contributed by atoms with E-state index >= 15 is 0 Å². The van der Waals surface area contributed by atoms with Gasteiger partial charge < -0.3 is 20.1 Å². The SMILES string of the molecule is CC/C=C\C/C=C\C/C=C\C/C=C\C/C=C\C/C=C\C/C=C\CCCC(=O)OC(COC(=O)CCCCCC/C=C\C/C=C\C/C=C\C/C=C\C/C=C\C/C=C\CC)COP(=O)(O)OCCN. The van der Waals surface area contributed by atoms with E-state index in [4.69, 9.17) is 24.3 Å². The first-order valence-corrected chi connectivity index (χ1v) is 26.5. The second-order valence-electron chi connectivity index (χ2n) is 15.6. The van der Waals surface area contributed by atoms with Crippen LogP contribution in [-0.4, -0.2) is 49.3 Å². The molecule has 2 atom stereocenters. The molecule has 3 N–H and O–H groups in total. The van der Waals surface area contributed by atoms with Crippen LogP contribution in [0.2, 0.25) is 0 Å². The minimum absolute atomic E-state index is 0.0300. The van der Waals surface area contributed by atoms with Crippen LogP contribution in [0.1, 0.15) is 155 Å². The number of hydrogen-bond donors (Lipinski definition) is 2. The number of nitrogens with two attached hydrogens (primary N) is 1. The zero-order valence-corrected chi connectivity index (χ0v) is 42.2. The van der Waals surface area contributed by atoms with Crippen molar-refractivity contribution in [3.8, 4) is 0 Å². The number of ether oxygens (including phenoxy) is 2. The summed E-state index contributed by atoms with van der Waals surface area (Å²) < 4.78 is 32.8. The molecule has 0 saturated carbocycles. The third-order valence-corrected chi connectivity index (χ3v) is 10.4. The van der Waals surface area contributed by atoms with Gasteiger partial charge in [0.25, 0.3) is 0 Å². The van der Waals surface area contributed by atoms with Crippen molar-refractivity contribution in [1.29, 1.82) is 0 Å². The van der Waals surface area contributed by atoms with Crippen molar-refractivity contribution in [2.75, 3.05) is 26.4 Å². The van der Waals surface area contributed by atoms with Crippen LogP contribution in [0.4, 0.5) is 0 Å². The highest BCUT2D eigenvalue weighted by Gasteiger charge is 2.26. The van der Waals surface area contributed by atoms with E-state index in [9.17, 15) is 19.0 Å². The van der Waals surface area contributed by atoms with E-state index in [0.717, 1.165) is 109 Å². The minimum Gasteiger partial charge on any atom is -0.462 e. The highest BCUT2D eigenvalue weighted by Crippen LogP contribution is 2.43. The van der Waals surface area contributed by atoms with Gasteiger partial charge >= 0.3 is 19.8 Å². The molecule has 0 bridgehead atoms. The molecule has 0 aromatic heterocycles. The molecule has 0 saturated heterocycles. The highest BCUT2D eigenvalue weighted by atomic mass is 31.2. The summed E-state index contributed by atoms with van der Waals surface area (Å²) in [7, 11) is -4.42. The minimum atomic E-state index is -4.42. The van der Waals surface area contributed by atoms with E-state index in [-0.39, 0.29) is 32.6 Å². The van der Waals surface area contributed by atoms with Gasteiger partial charge in [0, 0.05) is 19.4 Å². The number of phosphoric ester groups is 1. The average Bonchev–Trinajstić information content (AvgIpc) is 3.32. The number of rotatable bonds is 44. The Bertz CT molecular complexity index is 1640.